The fourth-order valence-electron chi connectivity index (χ4n) is 3.12. The van der Waals surface area contributed by atoms with Gasteiger partial charge in [-0.3, -0.25) is 4.79 Å². The smallest absolute Gasteiger partial charge is 0.304 e. The number of nitrogens with one attached hydrogen (secondary N) is 1. The Bertz CT molecular complexity index is 484. The lowest BCUT2D eigenvalue weighted by Crippen LogP contribution is -2.39. The molecule has 0 bridgehead atoms. The van der Waals surface area contributed by atoms with Crippen molar-refractivity contribution in [2.45, 2.75) is 70.9 Å². The highest BCUT2D eigenvalue weighted by molar-refractivity contribution is 5.67. The Hall–Kier alpha value is -1.35. The van der Waals surface area contributed by atoms with Gasteiger partial charge in [0, 0.05) is 12.1 Å². The van der Waals surface area contributed by atoms with Crippen molar-refractivity contribution in [2.24, 2.45) is 0 Å². The standard InChI is InChI=1S/C18H27NO2/c1-3-13(2)19-17(12-18(20)21)11-14-8-9-15-6-4-5-7-16(15)10-14/h8-10,13,17,19H,3-7,11-12H2,1-2H3,(H,20,21). The maximum absolute atomic E-state index is 11.1. The zero-order chi connectivity index (χ0) is 15.2. The molecule has 0 saturated carbocycles. The van der Waals surface area contributed by atoms with E-state index in [9.17, 15) is 4.79 Å². The number of hydrogen-bond donors (Lipinski definition) is 2. The van der Waals surface area contributed by atoms with Crippen molar-refractivity contribution in [3.8, 4) is 0 Å². The molecule has 21 heavy (non-hydrogen) atoms. The summed E-state index contributed by atoms with van der Waals surface area (Å²) in [5.74, 6) is -0.728. The monoisotopic (exact) mass is 289 g/mol. The SMILES string of the molecule is CCC(C)NC(CC(=O)O)Cc1ccc2c(c1)CCCC2. The zero-order valence-electron chi connectivity index (χ0n) is 13.2. The average Bonchev–Trinajstić information content (AvgIpc) is 2.46. The lowest BCUT2D eigenvalue weighted by Gasteiger charge is -2.23. The fourth-order valence-corrected chi connectivity index (χ4v) is 3.12. The van der Waals surface area contributed by atoms with E-state index in [1.54, 1.807) is 0 Å². The highest BCUT2D eigenvalue weighted by atomic mass is 16.4. The highest BCUT2D eigenvalue weighted by Crippen LogP contribution is 2.23. The van der Waals surface area contributed by atoms with Crippen molar-refractivity contribution < 1.29 is 9.90 Å². The fraction of sp³-hybridized carbons (Fsp3) is 0.611. The largest absolute Gasteiger partial charge is 0.481 e. The summed E-state index contributed by atoms with van der Waals surface area (Å²) < 4.78 is 0. The van der Waals surface area contributed by atoms with Crippen LogP contribution in [0.1, 0.15) is 56.2 Å². The summed E-state index contributed by atoms with van der Waals surface area (Å²) in [5.41, 5.74) is 4.21. The topological polar surface area (TPSA) is 49.3 Å². The Balaban J connectivity index is 2.06. The maximum atomic E-state index is 11.1. The molecule has 2 atom stereocenters. The van der Waals surface area contributed by atoms with Crippen LogP contribution >= 0.6 is 0 Å². The number of carboxylic acids is 1. The summed E-state index contributed by atoms with van der Waals surface area (Å²) in [5, 5.41) is 12.5. The van der Waals surface area contributed by atoms with Crippen molar-refractivity contribution >= 4 is 5.97 Å². The summed E-state index contributed by atoms with van der Waals surface area (Å²) in [4.78, 5) is 11.1. The predicted molar refractivity (Wildman–Crippen MR) is 85.7 cm³/mol. The van der Waals surface area contributed by atoms with E-state index < -0.39 is 5.97 Å². The van der Waals surface area contributed by atoms with Gasteiger partial charge in [-0.1, -0.05) is 25.1 Å². The van der Waals surface area contributed by atoms with Gasteiger partial charge in [0.25, 0.3) is 0 Å². The molecule has 0 aliphatic heterocycles. The normalized spacial score (nSPS) is 17.0. The van der Waals surface area contributed by atoms with Gasteiger partial charge in [-0.2, -0.15) is 0 Å². The molecule has 116 valence electrons. The first-order chi connectivity index (χ1) is 10.1. The van der Waals surface area contributed by atoms with Crippen LogP contribution in [0.25, 0.3) is 0 Å². The summed E-state index contributed by atoms with van der Waals surface area (Å²) in [6, 6.07) is 7.08. The van der Waals surface area contributed by atoms with Gasteiger partial charge in [0.05, 0.1) is 6.42 Å². The Kier molecular flexibility index (Phi) is 5.80. The van der Waals surface area contributed by atoms with Gasteiger partial charge in [-0.05, 0) is 62.1 Å². The molecule has 1 aromatic carbocycles. The Morgan fingerprint density at radius 1 is 1.29 bits per heavy atom. The molecule has 0 heterocycles. The number of benzene rings is 1. The second-order valence-electron chi connectivity index (χ2n) is 6.29. The van der Waals surface area contributed by atoms with E-state index in [4.69, 9.17) is 5.11 Å². The van der Waals surface area contributed by atoms with Gasteiger partial charge in [0.15, 0.2) is 0 Å². The van der Waals surface area contributed by atoms with Gasteiger partial charge < -0.3 is 10.4 Å². The van der Waals surface area contributed by atoms with E-state index in [1.807, 2.05) is 0 Å². The second-order valence-corrected chi connectivity index (χ2v) is 6.29. The van der Waals surface area contributed by atoms with Crippen LogP contribution in [0.5, 0.6) is 0 Å². The molecule has 0 fully saturated rings. The maximum Gasteiger partial charge on any atom is 0.304 e. The van der Waals surface area contributed by atoms with E-state index in [0.29, 0.717) is 6.04 Å². The number of carboxylic acid groups (broad SMARTS) is 1. The van der Waals surface area contributed by atoms with E-state index >= 15 is 0 Å². The van der Waals surface area contributed by atoms with Crippen LogP contribution < -0.4 is 5.32 Å². The summed E-state index contributed by atoms with van der Waals surface area (Å²) >= 11 is 0. The van der Waals surface area contributed by atoms with Crippen molar-refractivity contribution in [2.75, 3.05) is 0 Å². The molecule has 2 rings (SSSR count). The molecule has 3 heteroatoms. The van der Waals surface area contributed by atoms with Crippen LogP contribution in [0.2, 0.25) is 0 Å². The average molecular weight is 289 g/mol. The molecular weight excluding hydrogens is 262 g/mol. The lowest BCUT2D eigenvalue weighted by molar-refractivity contribution is -0.137. The first-order valence-corrected chi connectivity index (χ1v) is 8.17. The number of aliphatic carboxylic acids is 1. The minimum Gasteiger partial charge on any atom is -0.481 e. The van der Waals surface area contributed by atoms with Gasteiger partial charge in [0.2, 0.25) is 0 Å². The molecule has 0 radical (unpaired) electrons. The van der Waals surface area contributed by atoms with Crippen molar-refractivity contribution in [3.05, 3.63) is 34.9 Å². The quantitative estimate of drug-likeness (QED) is 0.809. The molecular formula is C18H27NO2. The van der Waals surface area contributed by atoms with Crippen LogP contribution in [-0.4, -0.2) is 23.2 Å². The Morgan fingerprint density at radius 3 is 2.67 bits per heavy atom. The number of aryl methyl sites for hydroxylation is 2. The van der Waals surface area contributed by atoms with Gasteiger partial charge >= 0.3 is 5.97 Å². The molecule has 1 aromatic rings. The van der Waals surface area contributed by atoms with Crippen LogP contribution in [0, 0.1) is 0 Å². The van der Waals surface area contributed by atoms with E-state index in [-0.39, 0.29) is 12.5 Å². The molecule has 0 saturated heterocycles. The zero-order valence-corrected chi connectivity index (χ0v) is 13.2. The number of rotatable bonds is 7. The molecule has 1 aliphatic carbocycles. The van der Waals surface area contributed by atoms with E-state index in [1.165, 1.54) is 42.4 Å². The third-order valence-electron chi connectivity index (χ3n) is 4.45. The summed E-state index contributed by atoms with van der Waals surface area (Å²) in [6.45, 7) is 4.23. The molecule has 1 aliphatic rings. The third-order valence-corrected chi connectivity index (χ3v) is 4.45. The molecule has 3 nitrogen and oxygen atoms in total. The Labute approximate surface area is 127 Å². The Morgan fingerprint density at radius 2 is 2.00 bits per heavy atom. The van der Waals surface area contributed by atoms with Crippen molar-refractivity contribution in [1.29, 1.82) is 0 Å². The van der Waals surface area contributed by atoms with Gasteiger partial charge in [0.1, 0.15) is 0 Å². The highest BCUT2D eigenvalue weighted by Gasteiger charge is 2.17. The van der Waals surface area contributed by atoms with Crippen LogP contribution in [0.4, 0.5) is 0 Å². The van der Waals surface area contributed by atoms with E-state index in [0.717, 1.165) is 12.8 Å². The summed E-state index contributed by atoms with van der Waals surface area (Å²) in [6.07, 6.45) is 6.93. The van der Waals surface area contributed by atoms with Crippen LogP contribution in [-0.2, 0) is 24.1 Å². The first kappa shape index (κ1) is 16.0. The minimum atomic E-state index is -0.728. The number of hydrogen-bond acceptors (Lipinski definition) is 2. The predicted octanol–water partition coefficient (Wildman–Crippen LogP) is 3.34. The minimum absolute atomic E-state index is 0.0130. The van der Waals surface area contributed by atoms with Crippen molar-refractivity contribution in [3.63, 3.8) is 0 Å². The molecule has 0 amide bonds. The molecule has 0 spiro atoms. The first-order valence-electron chi connectivity index (χ1n) is 8.17. The lowest BCUT2D eigenvalue weighted by atomic mass is 9.89. The van der Waals surface area contributed by atoms with Gasteiger partial charge in [-0.25, -0.2) is 0 Å². The van der Waals surface area contributed by atoms with Crippen LogP contribution in [0.3, 0.4) is 0 Å². The van der Waals surface area contributed by atoms with E-state index in [2.05, 4.69) is 37.4 Å². The number of fused-ring (bicyclic) bond motifs is 1. The van der Waals surface area contributed by atoms with Crippen LogP contribution in [0.15, 0.2) is 18.2 Å². The molecule has 2 unspecified atom stereocenters. The third kappa shape index (κ3) is 4.85. The summed E-state index contributed by atoms with van der Waals surface area (Å²) in [7, 11) is 0. The molecule has 2 N–H and O–H groups in total. The van der Waals surface area contributed by atoms with Gasteiger partial charge in [-0.15, -0.1) is 0 Å². The number of carbonyl (C=O) groups is 1. The molecule has 0 aromatic heterocycles. The van der Waals surface area contributed by atoms with Crippen molar-refractivity contribution in [1.82, 2.24) is 5.32 Å². The second kappa shape index (κ2) is 7.60.